The van der Waals surface area contributed by atoms with Crippen LogP contribution in [0.3, 0.4) is 0 Å². The molecular formula is C26H39FO4. The third-order valence-corrected chi connectivity index (χ3v) is 7.18. The maximum Gasteiger partial charge on any atom is 0.207 e. The molecule has 1 aromatic rings. The zero-order valence-corrected chi connectivity index (χ0v) is 19.2. The fraction of sp³-hybridized carbons (Fsp3) is 0.731. The molecule has 0 saturated heterocycles. The highest BCUT2D eigenvalue weighted by molar-refractivity contribution is 5.99. The zero-order chi connectivity index (χ0) is 22.2. The van der Waals surface area contributed by atoms with Gasteiger partial charge in [0, 0.05) is 13.0 Å². The van der Waals surface area contributed by atoms with Gasteiger partial charge in [-0.1, -0.05) is 19.8 Å². The summed E-state index contributed by atoms with van der Waals surface area (Å²) in [6, 6.07) is 2.90. The Kier molecular flexibility index (Phi) is 9.18. The van der Waals surface area contributed by atoms with Crippen molar-refractivity contribution in [3.63, 3.8) is 0 Å². The highest BCUT2D eigenvalue weighted by Gasteiger charge is 2.27. The Balaban J connectivity index is 1.39. The molecule has 3 rings (SSSR count). The Bertz CT molecular complexity index is 704. The summed E-state index contributed by atoms with van der Waals surface area (Å²) in [7, 11) is 0. The maximum atomic E-state index is 14.2. The number of carbonyl (C=O) groups excluding carboxylic acids is 1. The summed E-state index contributed by atoms with van der Waals surface area (Å²) in [5.41, 5.74) is 0.0603. The summed E-state index contributed by atoms with van der Waals surface area (Å²) in [5.74, 6) is 0.127. The number of Topliss-reactive ketones (excluding diaryl/α,β-unsaturated/α-hetero) is 1. The second-order valence-electron chi connectivity index (χ2n) is 9.49. The van der Waals surface area contributed by atoms with Crippen LogP contribution >= 0.6 is 0 Å². The lowest BCUT2D eigenvalue weighted by atomic mass is 9.79. The molecule has 2 saturated carbocycles. The number of aromatic hydroxyl groups is 1. The molecule has 0 spiro atoms. The van der Waals surface area contributed by atoms with Gasteiger partial charge in [0.05, 0.1) is 18.3 Å². The molecule has 2 aliphatic carbocycles. The number of benzene rings is 1. The van der Waals surface area contributed by atoms with E-state index in [0.717, 1.165) is 38.2 Å². The Hall–Kier alpha value is -1.62. The quantitative estimate of drug-likeness (QED) is 0.417. The van der Waals surface area contributed by atoms with Gasteiger partial charge < -0.3 is 14.6 Å². The number of halogens is 1. The molecule has 0 radical (unpaired) electrons. The third kappa shape index (κ3) is 6.68. The summed E-state index contributed by atoms with van der Waals surface area (Å²) >= 11 is 0. The normalized spacial score (nSPS) is 26.5. The zero-order valence-electron chi connectivity index (χ0n) is 19.2. The molecule has 0 atom stereocenters. The topological polar surface area (TPSA) is 55.8 Å². The molecule has 0 unspecified atom stereocenters. The first-order chi connectivity index (χ1) is 15.0. The monoisotopic (exact) mass is 434 g/mol. The van der Waals surface area contributed by atoms with Crippen LogP contribution in [0.5, 0.6) is 11.5 Å². The van der Waals surface area contributed by atoms with E-state index in [1.165, 1.54) is 50.7 Å². The van der Waals surface area contributed by atoms with Crippen molar-refractivity contribution in [3.05, 3.63) is 23.5 Å². The molecule has 0 aromatic heterocycles. The van der Waals surface area contributed by atoms with Crippen LogP contribution < -0.4 is 4.74 Å². The largest absolute Gasteiger partial charge is 0.504 e. The van der Waals surface area contributed by atoms with E-state index >= 15 is 0 Å². The maximum absolute atomic E-state index is 14.2. The SMILES string of the molecule is CCCC1CCC(OCC2CCC(CC(=O)c3ccc(OCC)c(F)c3O)CC2)CC1. The van der Waals surface area contributed by atoms with Gasteiger partial charge in [0.25, 0.3) is 0 Å². The Morgan fingerprint density at radius 1 is 1.00 bits per heavy atom. The van der Waals surface area contributed by atoms with Gasteiger partial charge in [-0.25, -0.2) is 0 Å². The Labute approximate surface area is 186 Å². The van der Waals surface area contributed by atoms with E-state index in [9.17, 15) is 14.3 Å². The van der Waals surface area contributed by atoms with E-state index in [2.05, 4.69) is 6.92 Å². The summed E-state index contributed by atoms with van der Waals surface area (Å²) in [4.78, 5) is 12.6. The highest BCUT2D eigenvalue weighted by atomic mass is 19.1. The third-order valence-electron chi connectivity index (χ3n) is 7.18. The Morgan fingerprint density at radius 3 is 2.29 bits per heavy atom. The number of phenolic OH excluding ortho intramolecular Hbond substituents is 1. The van der Waals surface area contributed by atoms with Gasteiger partial charge in [-0.2, -0.15) is 4.39 Å². The summed E-state index contributed by atoms with van der Waals surface area (Å²) in [6.07, 6.45) is 12.6. The lowest BCUT2D eigenvalue weighted by Crippen LogP contribution is -2.26. The van der Waals surface area contributed by atoms with Gasteiger partial charge in [-0.3, -0.25) is 4.79 Å². The number of hydrogen-bond donors (Lipinski definition) is 1. The van der Waals surface area contributed by atoms with Crippen LogP contribution in [0.25, 0.3) is 0 Å². The second kappa shape index (κ2) is 11.8. The van der Waals surface area contributed by atoms with Gasteiger partial charge in [-0.15, -0.1) is 0 Å². The number of carbonyl (C=O) groups is 1. The minimum Gasteiger partial charge on any atom is -0.504 e. The molecular weight excluding hydrogens is 395 g/mol. The summed E-state index contributed by atoms with van der Waals surface area (Å²) < 4.78 is 25.6. The summed E-state index contributed by atoms with van der Waals surface area (Å²) in [5, 5.41) is 10.1. The van der Waals surface area contributed by atoms with Crippen molar-refractivity contribution in [2.75, 3.05) is 13.2 Å². The summed E-state index contributed by atoms with van der Waals surface area (Å²) in [6.45, 7) is 5.16. The van der Waals surface area contributed by atoms with Crippen LogP contribution in [-0.4, -0.2) is 30.2 Å². The second-order valence-corrected chi connectivity index (χ2v) is 9.49. The van der Waals surface area contributed by atoms with Gasteiger partial charge in [0.15, 0.2) is 17.3 Å². The molecule has 0 bridgehead atoms. The van der Waals surface area contributed by atoms with Crippen molar-refractivity contribution >= 4 is 5.78 Å². The number of ketones is 1. The average Bonchev–Trinajstić information content (AvgIpc) is 2.78. The molecule has 0 aliphatic heterocycles. The van der Waals surface area contributed by atoms with Crippen LogP contribution in [-0.2, 0) is 4.74 Å². The standard InChI is InChI=1S/C26H39FO4/c1-3-5-18-10-12-21(13-11-18)31-17-20-8-6-19(7-9-20)16-23(28)22-14-15-24(30-4-2)25(27)26(22)29/h14-15,18-21,29H,3-13,16-17H2,1-2H3. The first-order valence-electron chi connectivity index (χ1n) is 12.3. The van der Waals surface area contributed by atoms with Crippen molar-refractivity contribution in [3.8, 4) is 11.5 Å². The lowest BCUT2D eigenvalue weighted by molar-refractivity contribution is -0.0101. The number of hydrogen-bond acceptors (Lipinski definition) is 4. The molecule has 1 aromatic carbocycles. The van der Waals surface area contributed by atoms with E-state index in [-0.39, 0.29) is 17.1 Å². The fourth-order valence-electron chi connectivity index (χ4n) is 5.28. The van der Waals surface area contributed by atoms with Gasteiger partial charge >= 0.3 is 0 Å². The minimum atomic E-state index is -0.850. The van der Waals surface area contributed by atoms with Crippen molar-refractivity contribution in [1.29, 1.82) is 0 Å². The molecule has 2 fully saturated rings. The van der Waals surface area contributed by atoms with E-state index in [1.807, 2.05) is 0 Å². The van der Waals surface area contributed by atoms with E-state index in [0.29, 0.717) is 31.0 Å². The van der Waals surface area contributed by atoms with Crippen molar-refractivity contribution < 1.29 is 23.8 Å². The molecule has 174 valence electrons. The van der Waals surface area contributed by atoms with Crippen LogP contribution in [0, 0.1) is 23.6 Å². The van der Waals surface area contributed by atoms with Gasteiger partial charge in [0.1, 0.15) is 0 Å². The van der Waals surface area contributed by atoms with Gasteiger partial charge in [0.2, 0.25) is 5.82 Å². The number of phenols is 1. The molecule has 0 heterocycles. The number of rotatable bonds is 10. The average molecular weight is 435 g/mol. The molecule has 5 heteroatoms. The van der Waals surface area contributed by atoms with Crippen LogP contribution in [0.4, 0.5) is 4.39 Å². The lowest BCUT2D eigenvalue weighted by Gasteiger charge is -2.32. The molecule has 31 heavy (non-hydrogen) atoms. The van der Waals surface area contributed by atoms with Crippen LogP contribution in [0.15, 0.2) is 12.1 Å². The van der Waals surface area contributed by atoms with Crippen molar-refractivity contribution in [1.82, 2.24) is 0 Å². The first kappa shape index (κ1) is 24.0. The molecule has 4 nitrogen and oxygen atoms in total. The van der Waals surface area contributed by atoms with Gasteiger partial charge in [-0.05, 0) is 88.2 Å². The fourth-order valence-corrected chi connectivity index (χ4v) is 5.28. The molecule has 1 N–H and O–H groups in total. The Morgan fingerprint density at radius 2 is 1.65 bits per heavy atom. The van der Waals surface area contributed by atoms with Crippen LogP contribution in [0.1, 0.15) is 94.8 Å². The molecule has 0 amide bonds. The van der Waals surface area contributed by atoms with E-state index in [1.54, 1.807) is 6.92 Å². The smallest absolute Gasteiger partial charge is 0.207 e. The van der Waals surface area contributed by atoms with Crippen molar-refractivity contribution in [2.24, 2.45) is 17.8 Å². The van der Waals surface area contributed by atoms with Crippen LogP contribution in [0.2, 0.25) is 0 Å². The first-order valence-corrected chi connectivity index (χ1v) is 12.3. The van der Waals surface area contributed by atoms with E-state index in [4.69, 9.17) is 9.47 Å². The predicted octanol–water partition coefficient (Wildman–Crippen LogP) is 6.68. The minimum absolute atomic E-state index is 0.0177. The number of ether oxygens (including phenoxy) is 2. The van der Waals surface area contributed by atoms with Crippen molar-refractivity contribution in [2.45, 2.75) is 90.6 Å². The predicted molar refractivity (Wildman–Crippen MR) is 120 cm³/mol. The molecule has 2 aliphatic rings. The highest BCUT2D eigenvalue weighted by Crippen LogP contribution is 2.36. The van der Waals surface area contributed by atoms with E-state index < -0.39 is 11.6 Å².